The quantitative estimate of drug-likeness (QED) is 0.0490. The number of nitrogens with one attached hydrogen (secondary N) is 4. The first kappa shape index (κ1) is 45.4. The molecule has 5 N–H and O–H groups in total. The molecule has 10 heteroatoms. The highest BCUT2D eigenvalue weighted by molar-refractivity contribution is 6.24. The number of H-pyrrole nitrogens is 3. The number of hydrogen-bond donors (Lipinski definition) is 5. The first-order valence-electron chi connectivity index (χ1n) is 22.5. The summed E-state index contributed by atoms with van der Waals surface area (Å²) in [6.45, 7) is 21.3. The molecule has 0 spiro atoms. The highest BCUT2D eigenvalue weighted by atomic mass is 16.5. The predicted octanol–water partition coefficient (Wildman–Crippen LogP) is 8.63. The monoisotopic (exact) mass is 833 g/mol. The second kappa shape index (κ2) is 19.7. The van der Waals surface area contributed by atoms with Crippen LogP contribution in [-0.2, 0) is 25.5 Å². The number of esters is 2. The molecule has 0 unspecified atom stereocenters. The fourth-order valence-corrected chi connectivity index (χ4v) is 9.70. The Bertz CT molecular complexity index is 2380. The summed E-state index contributed by atoms with van der Waals surface area (Å²) in [4.78, 5) is 52.2. The molecule has 0 saturated carbocycles. The lowest BCUT2D eigenvalue weighted by atomic mass is 9.84. The van der Waals surface area contributed by atoms with Crippen LogP contribution in [0.2, 0.25) is 0 Å². The summed E-state index contributed by atoms with van der Waals surface area (Å²) >= 11 is 0. The highest BCUT2D eigenvalue weighted by Gasteiger charge is 2.49. The molecule has 0 amide bonds. The fourth-order valence-electron chi connectivity index (χ4n) is 9.70. The Balaban J connectivity index is 1.33. The number of carbonyl (C=O) groups is 3. The van der Waals surface area contributed by atoms with Crippen molar-refractivity contribution in [3.05, 3.63) is 96.5 Å². The number of aromatic nitrogens is 3. The number of ketones is 1. The zero-order valence-corrected chi connectivity index (χ0v) is 38.0. The van der Waals surface area contributed by atoms with E-state index in [4.69, 9.17) is 9.47 Å². The second-order valence-corrected chi connectivity index (χ2v) is 17.8. The van der Waals surface area contributed by atoms with Crippen LogP contribution < -0.4 is 16.0 Å². The van der Waals surface area contributed by atoms with Crippen LogP contribution in [0, 0.1) is 50.4 Å². The first-order chi connectivity index (χ1) is 29.3. The van der Waals surface area contributed by atoms with Gasteiger partial charge in [-0.2, -0.15) is 0 Å². The largest absolute Gasteiger partial charge is 0.468 e. The average Bonchev–Trinajstić information content (AvgIpc) is 3.99. The summed E-state index contributed by atoms with van der Waals surface area (Å²) in [6, 6.07) is 0. The van der Waals surface area contributed by atoms with Gasteiger partial charge in [-0.1, -0.05) is 78.0 Å². The van der Waals surface area contributed by atoms with Gasteiger partial charge in [0.25, 0.3) is 0 Å². The summed E-state index contributed by atoms with van der Waals surface area (Å²) in [5.74, 6) is -2.01. The predicted molar refractivity (Wildman–Crippen MR) is 245 cm³/mol. The topological polar surface area (TPSA) is 149 Å². The number of fused-ring (bicyclic) bond motifs is 7. The summed E-state index contributed by atoms with van der Waals surface area (Å²) in [7, 11) is 1.29. The van der Waals surface area contributed by atoms with Crippen molar-refractivity contribution in [2.24, 2.45) is 29.6 Å². The van der Waals surface area contributed by atoms with Gasteiger partial charge in [-0.05, 0) is 112 Å². The first-order valence-corrected chi connectivity index (χ1v) is 22.5. The molecule has 3 aromatic rings. The number of aromatic amines is 3. The van der Waals surface area contributed by atoms with E-state index >= 15 is 0 Å². The Morgan fingerprint density at radius 2 is 1.59 bits per heavy atom. The van der Waals surface area contributed by atoms with Gasteiger partial charge in [0, 0.05) is 74.1 Å². The molecule has 10 nitrogen and oxygen atoms in total. The molecule has 3 aliphatic rings. The lowest BCUT2D eigenvalue weighted by molar-refractivity contribution is -0.143. The molecule has 0 aromatic carbocycles. The SMILES string of the molecule is C=Cc1c2[nH]c(c1C)/C=C1\N/C(=C3\c4[nH]c(c(C)c4C(=O)[C@@H]3C(=O)OC)/C=c3\[nH]/c(c(C)c3CC)=C\2)[C@@H](CCC(=O)OC/C=C(\C)CCC[C@H](C)CCC[C@H](C)CC)[C@@H]1CO. The Kier molecular flexibility index (Phi) is 14.7. The molecule has 1 saturated heterocycles. The van der Waals surface area contributed by atoms with Gasteiger partial charge in [0.05, 0.1) is 19.4 Å². The number of methoxy groups -OCH3 is 1. The van der Waals surface area contributed by atoms with E-state index in [0.29, 0.717) is 40.6 Å². The van der Waals surface area contributed by atoms with Crippen LogP contribution in [0.3, 0.4) is 0 Å². The average molecular weight is 833 g/mol. The van der Waals surface area contributed by atoms with Gasteiger partial charge >= 0.3 is 11.9 Å². The molecular formula is C51H68N4O6. The van der Waals surface area contributed by atoms with Crippen molar-refractivity contribution in [2.45, 2.75) is 120 Å². The minimum Gasteiger partial charge on any atom is -0.468 e. The van der Waals surface area contributed by atoms with Gasteiger partial charge in [0.2, 0.25) is 0 Å². The maximum Gasteiger partial charge on any atom is 0.321 e. The van der Waals surface area contributed by atoms with Crippen LogP contribution in [0.1, 0.15) is 153 Å². The molecular weight excluding hydrogens is 765 g/mol. The second-order valence-electron chi connectivity index (χ2n) is 17.8. The van der Waals surface area contributed by atoms with Gasteiger partial charge in [0.15, 0.2) is 5.78 Å². The Morgan fingerprint density at radius 3 is 2.28 bits per heavy atom. The van der Waals surface area contributed by atoms with E-state index in [2.05, 4.69) is 74.5 Å². The Hall–Kier alpha value is -5.09. The van der Waals surface area contributed by atoms with E-state index in [1.54, 1.807) is 0 Å². The molecule has 0 radical (unpaired) electrons. The molecule has 3 aromatic heterocycles. The molecule has 8 bridgehead atoms. The number of ether oxygens (including phenoxy) is 2. The minimum absolute atomic E-state index is 0.0791. The lowest BCUT2D eigenvalue weighted by Gasteiger charge is -2.20. The van der Waals surface area contributed by atoms with Crippen LogP contribution in [0.5, 0.6) is 0 Å². The number of rotatable bonds is 18. The molecule has 328 valence electrons. The van der Waals surface area contributed by atoms with Gasteiger partial charge in [0.1, 0.15) is 12.5 Å². The van der Waals surface area contributed by atoms with E-state index in [9.17, 15) is 19.5 Å². The highest BCUT2D eigenvalue weighted by Crippen LogP contribution is 2.48. The third-order valence-electron chi connectivity index (χ3n) is 13.8. The van der Waals surface area contributed by atoms with Crippen LogP contribution in [0.25, 0.3) is 29.9 Å². The third kappa shape index (κ3) is 9.40. The Labute approximate surface area is 361 Å². The van der Waals surface area contributed by atoms with E-state index in [1.165, 1.54) is 44.8 Å². The van der Waals surface area contributed by atoms with Crippen molar-refractivity contribution >= 4 is 47.6 Å². The standard InChI is InChI=1S/C51H68N4O6/c1-11-28(4)16-14-17-29(5)18-15-19-30(6)22-23-61-44(57)21-20-36-37(27-56)43-25-39-32(8)34(12-2)41(53-39)24-38-31(7)35(13-3)42(52-38)26-40-33(9)45-49(54-40)46(48(36)55-43)47(50(45)58)51(59)60-10/h12,22,24-26,28-29,36-37,47,52-56H,2,11,13-21,23,27H2,1,3-10H3/b30-22+,38-24-,42-26-,43-25-,48-46-/t28-,29-,36+,37+,47-/m1/s1. The van der Waals surface area contributed by atoms with E-state index in [0.717, 1.165) is 80.8 Å². The molecule has 2 aliphatic heterocycles. The van der Waals surface area contributed by atoms with Crippen LogP contribution in [0.15, 0.2) is 29.6 Å². The summed E-state index contributed by atoms with van der Waals surface area (Å²) in [5.41, 5.74) is 11.4. The van der Waals surface area contributed by atoms with Crippen molar-refractivity contribution in [3.8, 4) is 0 Å². The molecule has 1 aliphatic carbocycles. The van der Waals surface area contributed by atoms with E-state index in [-0.39, 0.29) is 31.4 Å². The number of allylic oxidation sites excluding steroid dienone is 2. The van der Waals surface area contributed by atoms with E-state index < -0.39 is 23.7 Å². The van der Waals surface area contributed by atoms with Crippen LogP contribution in [0.4, 0.5) is 0 Å². The van der Waals surface area contributed by atoms with Crippen molar-refractivity contribution in [2.75, 3.05) is 20.3 Å². The van der Waals surface area contributed by atoms with Crippen LogP contribution >= 0.6 is 0 Å². The molecule has 6 rings (SSSR count). The molecule has 5 atom stereocenters. The molecule has 61 heavy (non-hydrogen) atoms. The number of aliphatic hydroxyl groups excluding tert-OH is 1. The van der Waals surface area contributed by atoms with Gasteiger partial charge < -0.3 is 34.8 Å². The zero-order chi connectivity index (χ0) is 44.1. The van der Waals surface area contributed by atoms with Crippen LogP contribution in [-0.4, -0.2) is 58.1 Å². The lowest BCUT2D eigenvalue weighted by Crippen LogP contribution is -2.25. The maximum atomic E-state index is 14.4. The Morgan fingerprint density at radius 1 is 0.885 bits per heavy atom. The smallest absolute Gasteiger partial charge is 0.321 e. The van der Waals surface area contributed by atoms with E-state index in [1.807, 2.05) is 38.2 Å². The minimum atomic E-state index is -1.22. The van der Waals surface area contributed by atoms with Gasteiger partial charge in [-0.15, -0.1) is 0 Å². The summed E-state index contributed by atoms with van der Waals surface area (Å²) in [5, 5.41) is 16.6. The molecule has 5 heterocycles. The number of carbonyl (C=O) groups excluding carboxylic acids is 3. The number of hydrogen-bond acceptors (Lipinski definition) is 7. The van der Waals surface area contributed by atoms with Crippen molar-refractivity contribution in [1.29, 1.82) is 0 Å². The fraction of sp³-hybridized carbons (Fsp3) is 0.510. The number of Topliss-reactive ketones (excluding diaryl/α,β-unsaturated/α-hetero) is 1. The van der Waals surface area contributed by atoms with Gasteiger partial charge in [-0.3, -0.25) is 14.4 Å². The summed E-state index contributed by atoms with van der Waals surface area (Å²) < 4.78 is 11.0. The van der Waals surface area contributed by atoms with Gasteiger partial charge in [-0.25, -0.2) is 0 Å². The normalized spacial score (nSPS) is 22.4. The summed E-state index contributed by atoms with van der Waals surface area (Å²) in [6.07, 6.45) is 19.6. The molecule has 1 fully saturated rings. The van der Waals surface area contributed by atoms with Crippen molar-refractivity contribution in [3.63, 3.8) is 0 Å². The number of aliphatic hydroxyl groups is 1. The zero-order valence-electron chi connectivity index (χ0n) is 38.0. The van der Waals surface area contributed by atoms with Crippen molar-refractivity contribution in [1.82, 2.24) is 20.3 Å². The van der Waals surface area contributed by atoms with Crippen molar-refractivity contribution < 1.29 is 29.0 Å². The maximum absolute atomic E-state index is 14.4. The third-order valence-corrected chi connectivity index (χ3v) is 13.8.